The Balaban J connectivity index is 1.36. The van der Waals surface area contributed by atoms with E-state index in [4.69, 9.17) is 9.47 Å². The van der Waals surface area contributed by atoms with Gasteiger partial charge in [0, 0.05) is 88.9 Å². The van der Waals surface area contributed by atoms with E-state index in [1.165, 1.54) is 12.7 Å². The van der Waals surface area contributed by atoms with Crippen molar-refractivity contribution in [2.45, 2.75) is 119 Å². The van der Waals surface area contributed by atoms with Gasteiger partial charge in [-0.2, -0.15) is 0 Å². The molecule has 6 aliphatic rings. The number of aromatic amines is 1. The van der Waals surface area contributed by atoms with Gasteiger partial charge in [-0.05, 0) is 103 Å². The Morgan fingerprint density at radius 1 is 1.05 bits per heavy atom. The van der Waals surface area contributed by atoms with Crippen LogP contribution in [0.4, 0.5) is 5.69 Å². The first kappa shape index (κ1) is 41.9. The van der Waals surface area contributed by atoms with Gasteiger partial charge in [0.15, 0.2) is 5.60 Å². The number of carbonyl (C=O) groups is 2. The number of hydrogen-bond donors (Lipinski definition) is 4. The van der Waals surface area contributed by atoms with Crippen LogP contribution in [0, 0.1) is 11.3 Å². The number of aromatic nitrogens is 1. The van der Waals surface area contributed by atoms with Crippen LogP contribution in [-0.4, -0.2) is 125 Å². The minimum atomic E-state index is -2.49. The van der Waals surface area contributed by atoms with E-state index < -0.39 is 51.5 Å². The molecular weight excluding hydrogens is 775 g/mol. The Labute approximate surface area is 357 Å². The number of rotatable bonds is 9. The number of aryl methyl sites for hydroxylation is 1. The fourth-order valence-electron chi connectivity index (χ4n) is 13.8. The van der Waals surface area contributed by atoms with E-state index in [0.717, 1.165) is 47.0 Å². The predicted octanol–water partition coefficient (Wildman–Crippen LogP) is 5.43. The van der Waals surface area contributed by atoms with Crippen LogP contribution < -0.4 is 9.64 Å². The van der Waals surface area contributed by atoms with Crippen LogP contribution in [0.25, 0.3) is 21.3 Å². The summed E-state index contributed by atoms with van der Waals surface area (Å²) in [7, 11) is 4.83. The maximum atomic E-state index is 15.4. The first-order valence-corrected chi connectivity index (χ1v) is 22.3. The zero-order chi connectivity index (χ0) is 43.3. The van der Waals surface area contributed by atoms with Crippen LogP contribution in [0.15, 0.2) is 47.6 Å². The Kier molecular flexibility index (Phi) is 10.2. The summed E-state index contributed by atoms with van der Waals surface area (Å²) >= 11 is 0. The minimum absolute atomic E-state index is 0.114. The number of carbonyl (C=O) groups excluding carboxylic acids is 2. The SMILES string of the molecule is CCCCc1ccc2c3c([nH]c2c1)[C@@](C(=O)OC)(c1cc2c(cc1OC)N(C)[C@H]1[C@@](O)(C(=O)N=[N+]=[N-])[C@H](O)[C@]4(CC)C=CCN5CC[C@]21[C@@H]54)C[C@H]1C[N@@](CC3)C[C@](O)(CC)C1. The van der Waals surface area contributed by atoms with E-state index in [2.05, 4.69) is 56.0 Å². The third-order valence-electron chi connectivity index (χ3n) is 16.3. The van der Waals surface area contributed by atoms with Crippen LogP contribution in [0.5, 0.6) is 5.75 Å². The molecule has 3 fully saturated rings. The molecule has 9 rings (SSSR count). The Morgan fingerprint density at radius 3 is 2.56 bits per heavy atom. The number of anilines is 1. The number of azide groups is 1. The molecular formula is C47H61N7O7. The number of methoxy groups -OCH3 is 2. The number of piperidine rings is 1. The molecule has 3 aromatic rings. The number of ether oxygens (including phenoxy) is 2. The molecule has 2 saturated heterocycles. The first-order valence-electron chi connectivity index (χ1n) is 22.3. The van der Waals surface area contributed by atoms with Gasteiger partial charge in [-0.3, -0.25) is 19.4 Å². The summed E-state index contributed by atoms with van der Waals surface area (Å²) in [5.74, 6) is -1.26. The second kappa shape index (κ2) is 14.8. The van der Waals surface area contributed by atoms with E-state index in [1.807, 2.05) is 44.0 Å². The fourth-order valence-corrected chi connectivity index (χ4v) is 13.8. The van der Waals surface area contributed by atoms with Gasteiger partial charge in [0.1, 0.15) is 17.3 Å². The second-order valence-corrected chi connectivity index (χ2v) is 19.1. The molecule has 2 aromatic carbocycles. The van der Waals surface area contributed by atoms with Crippen LogP contribution in [0.2, 0.25) is 0 Å². The van der Waals surface area contributed by atoms with Gasteiger partial charge in [0.05, 0.1) is 25.9 Å². The number of hydrogen-bond acceptors (Lipinski definition) is 10. The third kappa shape index (κ3) is 5.61. The van der Waals surface area contributed by atoms with Gasteiger partial charge in [0.25, 0.3) is 5.91 Å². The van der Waals surface area contributed by atoms with Gasteiger partial charge < -0.3 is 34.7 Å². The van der Waals surface area contributed by atoms with Crippen molar-refractivity contribution in [3.8, 4) is 5.75 Å². The quantitative estimate of drug-likeness (QED) is 0.0713. The third-order valence-corrected chi connectivity index (χ3v) is 16.3. The largest absolute Gasteiger partial charge is 0.496 e. The predicted molar refractivity (Wildman–Crippen MR) is 232 cm³/mol. The highest BCUT2D eigenvalue weighted by molar-refractivity contribution is 5.95. The first-order chi connectivity index (χ1) is 29.3. The molecule has 14 heteroatoms. The zero-order valence-corrected chi connectivity index (χ0v) is 36.4. The van der Waals surface area contributed by atoms with Crippen molar-refractivity contribution in [2.75, 3.05) is 58.9 Å². The summed E-state index contributed by atoms with van der Waals surface area (Å²) in [6.45, 7) is 9.37. The summed E-state index contributed by atoms with van der Waals surface area (Å²) in [6, 6.07) is 9.19. The minimum Gasteiger partial charge on any atom is -0.496 e. The molecule has 1 spiro atoms. The van der Waals surface area contributed by atoms with Gasteiger partial charge in [-0.15, -0.1) is 0 Å². The summed E-state index contributed by atoms with van der Waals surface area (Å²) in [5, 5.41) is 42.0. The van der Waals surface area contributed by atoms with Crippen molar-refractivity contribution in [3.05, 3.63) is 80.9 Å². The second-order valence-electron chi connectivity index (χ2n) is 19.1. The van der Waals surface area contributed by atoms with Crippen LogP contribution in [-0.2, 0) is 38.0 Å². The van der Waals surface area contributed by atoms with Gasteiger partial charge in [-0.1, -0.05) is 51.5 Å². The maximum Gasteiger partial charge on any atom is 0.322 e. The molecule has 5 aliphatic heterocycles. The monoisotopic (exact) mass is 835 g/mol. The lowest BCUT2D eigenvalue weighted by atomic mass is 9.47. The molecule has 326 valence electrons. The lowest BCUT2D eigenvalue weighted by molar-refractivity contribution is -0.201. The Morgan fingerprint density at radius 2 is 1.85 bits per heavy atom. The summed E-state index contributed by atoms with van der Waals surface area (Å²) in [5.41, 5.74) is 8.69. The van der Waals surface area contributed by atoms with Crippen molar-refractivity contribution < 1.29 is 34.4 Å². The summed E-state index contributed by atoms with van der Waals surface area (Å²) < 4.78 is 12.4. The molecule has 6 heterocycles. The van der Waals surface area contributed by atoms with E-state index in [0.29, 0.717) is 88.2 Å². The average Bonchev–Trinajstić information content (AvgIpc) is 3.92. The zero-order valence-electron chi connectivity index (χ0n) is 36.4. The highest BCUT2D eigenvalue weighted by Gasteiger charge is 2.78. The van der Waals surface area contributed by atoms with Crippen LogP contribution in [0.1, 0.15) is 93.7 Å². The van der Waals surface area contributed by atoms with Crippen LogP contribution in [0.3, 0.4) is 0 Å². The molecule has 0 unspecified atom stereocenters. The molecule has 61 heavy (non-hydrogen) atoms. The van der Waals surface area contributed by atoms with Crippen molar-refractivity contribution >= 4 is 28.5 Å². The number of aliphatic hydroxyl groups excluding tert-OH is 1. The molecule has 1 aromatic heterocycles. The Bertz CT molecular complexity index is 2360. The highest BCUT2D eigenvalue weighted by Crippen LogP contribution is 2.68. The molecule has 1 aliphatic carbocycles. The molecule has 10 atom stereocenters. The lowest BCUT2D eigenvalue weighted by Crippen LogP contribution is -2.80. The number of nitrogens with one attached hydrogen (secondary N) is 1. The van der Waals surface area contributed by atoms with Crippen molar-refractivity contribution in [3.63, 3.8) is 0 Å². The highest BCUT2D eigenvalue weighted by atomic mass is 16.5. The molecule has 4 N–H and O–H groups in total. The molecule has 14 nitrogen and oxygen atoms in total. The molecule has 0 radical (unpaired) electrons. The molecule has 1 amide bonds. The molecule has 2 bridgehead atoms. The summed E-state index contributed by atoms with van der Waals surface area (Å²) in [4.78, 5) is 42.8. The number of unbranched alkanes of at least 4 members (excludes halogenated alkanes) is 1. The number of H-pyrrole nitrogens is 1. The van der Waals surface area contributed by atoms with Crippen molar-refractivity contribution in [2.24, 2.45) is 16.4 Å². The number of likely N-dealkylation sites (N-methyl/N-ethyl adjacent to an activating group) is 1. The average molecular weight is 836 g/mol. The van der Waals surface area contributed by atoms with Gasteiger partial charge in [-0.25, -0.2) is 0 Å². The van der Waals surface area contributed by atoms with Crippen molar-refractivity contribution in [1.29, 1.82) is 0 Å². The van der Waals surface area contributed by atoms with Gasteiger partial charge >= 0.3 is 5.97 Å². The normalized spacial score (nSPS) is 36.1. The molecule has 1 saturated carbocycles. The van der Waals surface area contributed by atoms with Gasteiger partial charge in [0.2, 0.25) is 0 Å². The number of aliphatic hydroxyl groups is 3. The smallest absolute Gasteiger partial charge is 0.322 e. The standard InChI is InChI=1S/C47H61N7O7/c1-7-10-12-28-13-14-30-31-15-19-53-26-29(24-43(58,8-2)27-53)25-46(42(57)61-6,37(31)49-34(30)21-28)33-22-32-35(23-36(33)60-5)52(4)39-45(32)17-20-54-18-11-16-44(9-3,38(45)54)40(55)47(39,59)41(56)50-51-48/h11,13-14,16,21-23,29,38-40,49,55,58-59H,7-10,12,15,17-20,24-27H2,1-6H3/t29-,38-,39+,40+,43-,44+,45+,46-,47-/m0/s1. The van der Waals surface area contributed by atoms with E-state index >= 15 is 4.79 Å². The number of fused-ring (bicyclic) bond motifs is 6. The summed E-state index contributed by atoms with van der Waals surface area (Å²) in [6.07, 6.45) is 8.40. The fraction of sp³-hybridized carbons (Fsp3) is 0.617. The topological polar surface area (TPSA) is 188 Å². The number of esters is 1. The van der Waals surface area contributed by atoms with E-state index in [1.54, 1.807) is 7.11 Å². The Hall–Kier alpha value is -4.43. The van der Waals surface area contributed by atoms with E-state index in [9.17, 15) is 25.6 Å². The number of amides is 1. The lowest BCUT2D eigenvalue weighted by Gasteiger charge is -2.63. The number of benzene rings is 2. The maximum absolute atomic E-state index is 15.4. The van der Waals surface area contributed by atoms with Crippen LogP contribution >= 0.6 is 0 Å². The van der Waals surface area contributed by atoms with Crippen molar-refractivity contribution in [1.82, 2.24) is 14.8 Å². The van der Waals surface area contributed by atoms with E-state index in [-0.39, 0.29) is 12.0 Å². The number of nitrogens with zero attached hydrogens (tertiary/aromatic N) is 6.